The average molecular weight is 450 g/mol. The molecule has 0 spiro atoms. The number of carbonyl (C=O) groups is 1. The molecule has 2 aromatic carbocycles. The molecule has 0 aliphatic carbocycles. The van der Waals surface area contributed by atoms with Crippen LogP contribution in [0.2, 0.25) is 0 Å². The van der Waals surface area contributed by atoms with Gasteiger partial charge in [-0.15, -0.1) is 11.8 Å². The van der Waals surface area contributed by atoms with Gasteiger partial charge in [-0.05, 0) is 49.4 Å². The van der Waals surface area contributed by atoms with Crippen molar-refractivity contribution in [3.8, 4) is 0 Å². The largest absolute Gasteiger partial charge is 0.325 e. The van der Waals surface area contributed by atoms with Crippen molar-refractivity contribution >= 4 is 39.3 Å². The van der Waals surface area contributed by atoms with Crippen molar-refractivity contribution in [2.45, 2.75) is 22.0 Å². The van der Waals surface area contributed by atoms with Crippen LogP contribution in [0.1, 0.15) is 6.92 Å². The first-order valence-corrected chi connectivity index (χ1v) is 10.9. The number of nitrogens with one attached hydrogen (secondary N) is 2. The molecule has 0 saturated heterocycles. The fourth-order valence-corrected chi connectivity index (χ4v) is 4.13. The minimum Gasteiger partial charge on any atom is -0.325 e. The molecule has 1 aromatic heterocycles. The van der Waals surface area contributed by atoms with Gasteiger partial charge in [0.2, 0.25) is 11.9 Å². The summed E-state index contributed by atoms with van der Waals surface area (Å²) in [6.45, 7) is 1.57. The number of sulfonamides is 1. The minimum atomic E-state index is -3.89. The van der Waals surface area contributed by atoms with Crippen molar-refractivity contribution in [3.05, 3.63) is 72.6 Å². The zero-order valence-electron chi connectivity index (χ0n) is 15.5. The summed E-state index contributed by atoms with van der Waals surface area (Å²) in [6.07, 6.45) is 2.81. The number of nitrogens with zero attached hydrogens (tertiary/aromatic N) is 2. The maximum atomic E-state index is 13.7. The van der Waals surface area contributed by atoms with Crippen LogP contribution in [0.25, 0.3) is 0 Å². The third kappa shape index (κ3) is 5.51. The van der Waals surface area contributed by atoms with E-state index in [2.05, 4.69) is 20.0 Å². The third-order valence-electron chi connectivity index (χ3n) is 3.79. The summed E-state index contributed by atoms with van der Waals surface area (Å²) >= 11 is 0.941. The number of carbonyl (C=O) groups excluding carboxylic acids is 1. The van der Waals surface area contributed by atoms with E-state index in [1.165, 1.54) is 42.7 Å². The Labute approximate surface area is 176 Å². The van der Waals surface area contributed by atoms with Crippen molar-refractivity contribution in [1.29, 1.82) is 0 Å². The lowest BCUT2D eigenvalue weighted by Gasteiger charge is -2.13. The number of anilines is 2. The van der Waals surface area contributed by atoms with Crippen LogP contribution in [-0.2, 0) is 14.8 Å². The molecule has 0 radical (unpaired) electrons. The van der Waals surface area contributed by atoms with E-state index in [0.717, 1.165) is 23.9 Å². The number of hydrogen-bond donors (Lipinski definition) is 2. The topological polar surface area (TPSA) is 101 Å². The SMILES string of the molecule is CC(Sc1ccc(F)cc1F)C(=O)Nc1ccc(S(=O)(=O)Nc2ncccn2)cc1. The molecule has 30 heavy (non-hydrogen) atoms. The molecule has 1 amide bonds. The van der Waals surface area contributed by atoms with Gasteiger partial charge in [0.15, 0.2) is 0 Å². The molecule has 1 atom stereocenters. The standard InChI is InChI=1S/C19H16F2N4O3S2/c1-12(29-17-8-3-13(20)11-16(17)21)18(26)24-14-4-6-15(7-5-14)30(27,28)25-19-22-9-2-10-23-19/h2-12H,1H3,(H,24,26)(H,22,23,25). The molecule has 1 unspecified atom stereocenters. The summed E-state index contributed by atoms with van der Waals surface area (Å²) in [4.78, 5) is 20.1. The molecular weight excluding hydrogens is 434 g/mol. The summed E-state index contributed by atoms with van der Waals surface area (Å²) in [5, 5.41) is 1.95. The second-order valence-corrected chi connectivity index (χ2v) is 9.09. The van der Waals surface area contributed by atoms with Crippen molar-refractivity contribution in [1.82, 2.24) is 9.97 Å². The molecule has 0 aliphatic rings. The first-order valence-electron chi connectivity index (χ1n) is 8.57. The van der Waals surface area contributed by atoms with Gasteiger partial charge in [0.25, 0.3) is 10.0 Å². The number of amides is 1. The van der Waals surface area contributed by atoms with Crippen LogP contribution < -0.4 is 10.0 Å². The summed E-state index contributed by atoms with van der Waals surface area (Å²) in [7, 11) is -3.89. The molecule has 3 aromatic rings. The second-order valence-electron chi connectivity index (χ2n) is 6.03. The van der Waals surface area contributed by atoms with Gasteiger partial charge < -0.3 is 5.32 Å². The van der Waals surface area contributed by atoms with E-state index < -0.39 is 32.8 Å². The number of benzene rings is 2. The first kappa shape index (κ1) is 21.7. The van der Waals surface area contributed by atoms with Gasteiger partial charge in [-0.25, -0.2) is 31.9 Å². The normalized spacial score (nSPS) is 12.2. The number of halogens is 2. The quantitative estimate of drug-likeness (QED) is 0.533. The Morgan fingerprint density at radius 3 is 2.37 bits per heavy atom. The van der Waals surface area contributed by atoms with Gasteiger partial charge in [-0.1, -0.05) is 0 Å². The fraction of sp³-hybridized carbons (Fsp3) is 0.105. The van der Waals surface area contributed by atoms with Crippen molar-refractivity contribution < 1.29 is 22.0 Å². The van der Waals surface area contributed by atoms with Crippen LogP contribution in [0, 0.1) is 11.6 Å². The van der Waals surface area contributed by atoms with Gasteiger partial charge in [-0.3, -0.25) is 4.79 Å². The van der Waals surface area contributed by atoms with Crippen molar-refractivity contribution in [2.75, 3.05) is 10.0 Å². The predicted molar refractivity (Wildman–Crippen MR) is 110 cm³/mol. The molecule has 11 heteroatoms. The zero-order chi connectivity index (χ0) is 21.7. The lowest BCUT2D eigenvalue weighted by Crippen LogP contribution is -2.22. The van der Waals surface area contributed by atoms with E-state index in [-0.39, 0.29) is 15.7 Å². The van der Waals surface area contributed by atoms with Crippen molar-refractivity contribution in [3.63, 3.8) is 0 Å². The lowest BCUT2D eigenvalue weighted by molar-refractivity contribution is -0.115. The second kappa shape index (κ2) is 9.18. The maximum absolute atomic E-state index is 13.7. The average Bonchev–Trinajstić information content (AvgIpc) is 2.71. The van der Waals surface area contributed by atoms with E-state index in [4.69, 9.17) is 0 Å². The Hall–Kier alpha value is -3.05. The smallest absolute Gasteiger partial charge is 0.264 e. The molecule has 0 bridgehead atoms. The molecule has 0 saturated carbocycles. The Balaban J connectivity index is 1.64. The van der Waals surface area contributed by atoms with Crippen LogP contribution in [0.15, 0.2) is 70.7 Å². The Bertz CT molecular complexity index is 1140. The zero-order valence-corrected chi connectivity index (χ0v) is 17.2. The molecular formula is C19H16F2N4O3S2. The number of rotatable bonds is 7. The third-order valence-corrected chi connectivity index (χ3v) is 6.29. The highest BCUT2D eigenvalue weighted by atomic mass is 32.2. The Morgan fingerprint density at radius 1 is 1.07 bits per heavy atom. The van der Waals surface area contributed by atoms with Gasteiger partial charge in [0.05, 0.1) is 10.1 Å². The summed E-state index contributed by atoms with van der Waals surface area (Å²) in [5.74, 6) is -1.93. The van der Waals surface area contributed by atoms with Crippen molar-refractivity contribution in [2.24, 2.45) is 0 Å². The van der Waals surface area contributed by atoms with Gasteiger partial charge in [-0.2, -0.15) is 0 Å². The predicted octanol–water partition coefficient (Wildman–Crippen LogP) is 3.67. The van der Waals surface area contributed by atoms with Gasteiger partial charge in [0, 0.05) is 29.0 Å². The lowest BCUT2D eigenvalue weighted by atomic mass is 10.3. The van der Waals surface area contributed by atoms with Gasteiger partial charge in [0.1, 0.15) is 11.6 Å². The molecule has 1 heterocycles. The molecule has 156 valence electrons. The molecule has 7 nitrogen and oxygen atoms in total. The highest BCUT2D eigenvalue weighted by Gasteiger charge is 2.18. The number of thioether (sulfide) groups is 1. The first-order chi connectivity index (χ1) is 14.2. The van der Waals surface area contributed by atoms with E-state index in [1.54, 1.807) is 13.0 Å². The highest BCUT2D eigenvalue weighted by molar-refractivity contribution is 8.00. The molecule has 0 fully saturated rings. The summed E-state index contributed by atoms with van der Waals surface area (Å²) < 4.78 is 53.7. The van der Waals surface area contributed by atoms with E-state index in [1.807, 2.05) is 0 Å². The maximum Gasteiger partial charge on any atom is 0.264 e. The van der Waals surface area contributed by atoms with Crippen LogP contribution in [0.5, 0.6) is 0 Å². The highest BCUT2D eigenvalue weighted by Crippen LogP contribution is 2.27. The minimum absolute atomic E-state index is 0.0382. The Morgan fingerprint density at radius 2 is 1.73 bits per heavy atom. The summed E-state index contributed by atoms with van der Waals surface area (Å²) in [6, 6.07) is 10.2. The van der Waals surface area contributed by atoms with E-state index in [9.17, 15) is 22.0 Å². The molecule has 3 rings (SSSR count). The monoisotopic (exact) mass is 450 g/mol. The van der Waals surface area contributed by atoms with Gasteiger partial charge >= 0.3 is 0 Å². The fourth-order valence-electron chi connectivity index (χ4n) is 2.31. The summed E-state index contributed by atoms with van der Waals surface area (Å²) in [5.41, 5.74) is 0.363. The van der Waals surface area contributed by atoms with Crippen LogP contribution >= 0.6 is 11.8 Å². The number of aromatic nitrogens is 2. The van der Waals surface area contributed by atoms with Crippen LogP contribution in [0.4, 0.5) is 20.4 Å². The van der Waals surface area contributed by atoms with E-state index in [0.29, 0.717) is 5.69 Å². The van der Waals surface area contributed by atoms with Crippen LogP contribution in [-0.4, -0.2) is 29.5 Å². The van der Waals surface area contributed by atoms with Crippen LogP contribution in [0.3, 0.4) is 0 Å². The molecule has 2 N–H and O–H groups in total. The number of hydrogen-bond acceptors (Lipinski definition) is 6. The van der Waals surface area contributed by atoms with E-state index >= 15 is 0 Å². The molecule has 0 aliphatic heterocycles. The Kier molecular flexibility index (Phi) is 6.63.